The third-order valence-electron chi connectivity index (χ3n) is 3.30. The van der Waals surface area contributed by atoms with Crippen LogP contribution in [0.3, 0.4) is 0 Å². The van der Waals surface area contributed by atoms with E-state index in [4.69, 9.17) is 0 Å². The van der Waals surface area contributed by atoms with Gasteiger partial charge in [-0.2, -0.15) is 0 Å². The quantitative estimate of drug-likeness (QED) is 0.867. The van der Waals surface area contributed by atoms with E-state index in [0.717, 1.165) is 18.5 Å². The van der Waals surface area contributed by atoms with Crippen molar-refractivity contribution >= 4 is 17.4 Å². The van der Waals surface area contributed by atoms with Crippen LogP contribution in [0, 0.1) is 5.92 Å². The van der Waals surface area contributed by atoms with Crippen molar-refractivity contribution in [3.05, 3.63) is 29.3 Å². The number of Topliss-reactive ketones (excluding diaryl/α,β-unsaturated/α-hetero) is 1. The van der Waals surface area contributed by atoms with Crippen LogP contribution in [0.5, 0.6) is 0 Å². The van der Waals surface area contributed by atoms with Crippen molar-refractivity contribution in [2.45, 2.75) is 33.1 Å². The lowest BCUT2D eigenvalue weighted by atomic mass is 9.94. The second kappa shape index (κ2) is 4.70. The van der Waals surface area contributed by atoms with Crippen molar-refractivity contribution in [3.63, 3.8) is 0 Å². The molecule has 1 aromatic carbocycles. The molecule has 3 heteroatoms. The largest absolute Gasteiger partial charge is 0.326 e. The van der Waals surface area contributed by atoms with Crippen LogP contribution in [-0.4, -0.2) is 11.7 Å². The summed E-state index contributed by atoms with van der Waals surface area (Å²) in [4.78, 5) is 22.4. The van der Waals surface area contributed by atoms with Gasteiger partial charge >= 0.3 is 0 Å². The van der Waals surface area contributed by atoms with Gasteiger partial charge in [0, 0.05) is 18.0 Å². The van der Waals surface area contributed by atoms with Gasteiger partial charge in [0.25, 0.3) is 0 Å². The monoisotopic (exact) mass is 231 g/mol. The number of anilines is 1. The molecule has 1 aliphatic rings. The summed E-state index contributed by atoms with van der Waals surface area (Å²) in [5.41, 5.74) is 3.26. The molecule has 1 atom stereocenters. The van der Waals surface area contributed by atoms with Crippen LogP contribution >= 0.6 is 0 Å². The number of ketones is 1. The maximum absolute atomic E-state index is 11.2. The lowest BCUT2D eigenvalue weighted by Gasteiger charge is -2.18. The maximum atomic E-state index is 11.2. The molecule has 3 nitrogen and oxygen atoms in total. The Labute approximate surface area is 101 Å². The standard InChI is InChI=1S/C14H17NO2/c1-9(10(2)16)7-11-3-5-13-12(8-11)4-6-14(17)15-13/h3,5,8-9H,4,6-7H2,1-2H3,(H,15,17). The van der Waals surface area contributed by atoms with Gasteiger partial charge in [0.05, 0.1) is 0 Å². The van der Waals surface area contributed by atoms with Gasteiger partial charge in [-0.3, -0.25) is 9.59 Å². The highest BCUT2D eigenvalue weighted by Crippen LogP contribution is 2.24. The van der Waals surface area contributed by atoms with E-state index in [1.807, 2.05) is 19.1 Å². The zero-order chi connectivity index (χ0) is 12.4. The van der Waals surface area contributed by atoms with Crippen LogP contribution in [0.15, 0.2) is 18.2 Å². The van der Waals surface area contributed by atoms with Gasteiger partial charge in [0.2, 0.25) is 5.91 Å². The molecular weight excluding hydrogens is 214 g/mol. The molecular formula is C14H17NO2. The van der Waals surface area contributed by atoms with Crippen molar-refractivity contribution in [2.24, 2.45) is 5.92 Å². The average Bonchev–Trinajstić information content (AvgIpc) is 2.29. The summed E-state index contributed by atoms with van der Waals surface area (Å²) in [5.74, 6) is 0.365. The first-order valence-electron chi connectivity index (χ1n) is 5.98. The SMILES string of the molecule is CC(=O)C(C)Cc1ccc2c(c1)CCC(=O)N2. The molecule has 1 aromatic rings. The van der Waals surface area contributed by atoms with E-state index in [9.17, 15) is 9.59 Å². The fraction of sp³-hybridized carbons (Fsp3) is 0.429. The Kier molecular flexibility index (Phi) is 3.27. The van der Waals surface area contributed by atoms with Crippen LogP contribution in [0.2, 0.25) is 0 Å². The number of hydrogen-bond donors (Lipinski definition) is 1. The molecule has 1 N–H and O–H groups in total. The van der Waals surface area contributed by atoms with Crippen molar-refractivity contribution in [3.8, 4) is 0 Å². The fourth-order valence-electron chi connectivity index (χ4n) is 2.06. The summed E-state index contributed by atoms with van der Waals surface area (Å²) in [6, 6.07) is 6.03. The normalized spacial score (nSPS) is 16.0. The first-order chi connectivity index (χ1) is 8.06. The third-order valence-corrected chi connectivity index (χ3v) is 3.30. The van der Waals surface area contributed by atoms with Crippen molar-refractivity contribution in [2.75, 3.05) is 5.32 Å². The Hall–Kier alpha value is -1.64. The van der Waals surface area contributed by atoms with Gasteiger partial charge in [0.1, 0.15) is 5.78 Å². The second-order valence-corrected chi connectivity index (χ2v) is 4.76. The minimum absolute atomic E-state index is 0.0613. The zero-order valence-electron chi connectivity index (χ0n) is 10.2. The first kappa shape index (κ1) is 11.8. The molecule has 1 amide bonds. The second-order valence-electron chi connectivity index (χ2n) is 4.76. The van der Waals surface area contributed by atoms with Crippen LogP contribution in [0.1, 0.15) is 31.4 Å². The zero-order valence-corrected chi connectivity index (χ0v) is 10.2. The molecule has 1 aliphatic heterocycles. The highest BCUT2D eigenvalue weighted by molar-refractivity contribution is 5.93. The van der Waals surface area contributed by atoms with Gasteiger partial charge < -0.3 is 5.32 Å². The Balaban J connectivity index is 2.16. The smallest absolute Gasteiger partial charge is 0.224 e. The first-order valence-corrected chi connectivity index (χ1v) is 5.98. The van der Waals surface area contributed by atoms with Crippen LogP contribution < -0.4 is 5.32 Å². The Morgan fingerprint density at radius 3 is 2.88 bits per heavy atom. The number of hydrogen-bond acceptors (Lipinski definition) is 2. The molecule has 0 radical (unpaired) electrons. The van der Waals surface area contributed by atoms with E-state index in [2.05, 4.69) is 11.4 Å². The highest BCUT2D eigenvalue weighted by atomic mass is 16.1. The summed E-state index contributed by atoms with van der Waals surface area (Å²) in [6.07, 6.45) is 2.12. The number of fused-ring (bicyclic) bond motifs is 1. The van der Waals surface area contributed by atoms with Gasteiger partial charge in [0.15, 0.2) is 0 Å². The predicted octanol–water partition coefficient (Wildman–Crippen LogP) is 2.34. The molecule has 0 spiro atoms. The Morgan fingerprint density at radius 1 is 1.41 bits per heavy atom. The van der Waals surface area contributed by atoms with Crippen LogP contribution in [0.25, 0.3) is 0 Å². The lowest BCUT2D eigenvalue weighted by Crippen LogP contribution is -2.19. The van der Waals surface area contributed by atoms with Crippen LogP contribution in [0.4, 0.5) is 5.69 Å². The third kappa shape index (κ3) is 2.73. The summed E-state index contributed by atoms with van der Waals surface area (Å²) in [7, 11) is 0. The highest BCUT2D eigenvalue weighted by Gasteiger charge is 2.16. The molecule has 0 saturated heterocycles. The van der Waals surface area contributed by atoms with E-state index in [1.165, 1.54) is 11.1 Å². The van der Waals surface area contributed by atoms with Crippen LogP contribution in [-0.2, 0) is 22.4 Å². The average molecular weight is 231 g/mol. The van der Waals surface area contributed by atoms with Crippen molar-refractivity contribution in [1.82, 2.24) is 0 Å². The maximum Gasteiger partial charge on any atom is 0.224 e. The molecule has 1 heterocycles. The molecule has 90 valence electrons. The number of nitrogens with one attached hydrogen (secondary N) is 1. The Bertz CT molecular complexity index is 465. The number of carbonyl (C=O) groups is 2. The molecule has 2 rings (SSSR count). The minimum Gasteiger partial charge on any atom is -0.326 e. The molecule has 17 heavy (non-hydrogen) atoms. The number of benzene rings is 1. The number of amides is 1. The molecule has 0 saturated carbocycles. The number of carbonyl (C=O) groups excluding carboxylic acids is 2. The van der Waals surface area contributed by atoms with Gasteiger partial charge in [-0.05, 0) is 37.0 Å². The lowest BCUT2D eigenvalue weighted by molar-refractivity contribution is -0.120. The topological polar surface area (TPSA) is 46.2 Å². The Morgan fingerprint density at radius 2 is 2.18 bits per heavy atom. The van der Waals surface area contributed by atoms with E-state index < -0.39 is 0 Å². The summed E-state index contributed by atoms with van der Waals surface area (Å²) in [6.45, 7) is 3.58. The minimum atomic E-state index is 0.0613. The van der Waals surface area contributed by atoms with Gasteiger partial charge in [-0.25, -0.2) is 0 Å². The van der Waals surface area contributed by atoms with Gasteiger partial charge in [-0.1, -0.05) is 19.1 Å². The number of aryl methyl sites for hydroxylation is 1. The summed E-state index contributed by atoms with van der Waals surface area (Å²) >= 11 is 0. The molecule has 1 unspecified atom stereocenters. The van der Waals surface area contributed by atoms with Gasteiger partial charge in [-0.15, -0.1) is 0 Å². The fourth-order valence-corrected chi connectivity index (χ4v) is 2.06. The number of rotatable bonds is 3. The van der Waals surface area contributed by atoms with E-state index in [0.29, 0.717) is 6.42 Å². The van der Waals surface area contributed by atoms with Crippen molar-refractivity contribution < 1.29 is 9.59 Å². The van der Waals surface area contributed by atoms with E-state index in [-0.39, 0.29) is 17.6 Å². The molecule has 0 aliphatic carbocycles. The van der Waals surface area contributed by atoms with E-state index in [1.54, 1.807) is 6.92 Å². The molecule has 0 fully saturated rings. The molecule has 0 aromatic heterocycles. The predicted molar refractivity (Wildman–Crippen MR) is 66.9 cm³/mol. The summed E-state index contributed by atoms with van der Waals surface area (Å²) < 4.78 is 0. The van der Waals surface area contributed by atoms with Crippen molar-refractivity contribution in [1.29, 1.82) is 0 Å². The molecule has 0 bridgehead atoms. The van der Waals surface area contributed by atoms with E-state index >= 15 is 0 Å². The summed E-state index contributed by atoms with van der Waals surface area (Å²) in [5, 5.41) is 2.86.